The molecule has 166 valence electrons. The van der Waals surface area contributed by atoms with E-state index in [4.69, 9.17) is 9.47 Å². The van der Waals surface area contributed by atoms with Crippen LogP contribution >= 0.6 is 0 Å². The standard InChI is InChI=1S/C23H29N3O5/c1-14(15-4-9-18-19(12-15)31-11-3-10-30-18)26(17-7-8-17)20(27)13-25-21(28)23(2,16-5-6-16)24-22(25)29/h4,9,12,14,16-17H,3,5-8,10-11,13H2,1-2H3,(H,24,29)/t14-,23+/m0/s1. The highest BCUT2D eigenvalue weighted by Crippen LogP contribution is 2.43. The molecule has 2 aliphatic carbocycles. The number of rotatable bonds is 6. The molecule has 1 aromatic rings. The predicted octanol–water partition coefficient (Wildman–Crippen LogP) is 2.62. The van der Waals surface area contributed by atoms with E-state index in [1.54, 1.807) is 6.92 Å². The van der Waals surface area contributed by atoms with Gasteiger partial charge in [0.1, 0.15) is 12.1 Å². The van der Waals surface area contributed by atoms with E-state index < -0.39 is 11.6 Å². The first kappa shape index (κ1) is 20.2. The molecule has 0 spiro atoms. The van der Waals surface area contributed by atoms with Gasteiger partial charge in [0.2, 0.25) is 5.91 Å². The zero-order valence-electron chi connectivity index (χ0n) is 18.1. The van der Waals surface area contributed by atoms with Crippen LogP contribution in [0.2, 0.25) is 0 Å². The van der Waals surface area contributed by atoms with Gasteiger partial charge in [-0.2, -0.15) is 0 Å². The molecule has 3 fully saturated rings. The van der Waals surface area contributed by atoms with Crippen LogP contribution in [0.4, 0.5) is 4.79 Å². The molecular formula is C23H29N3O5. The Labute approximate surface area is 181 Å². The molecule has 4 amide bonds. The molecule has 8 nitrogen and oxygen atoms in total. The highest BCUT2D eigenvalue weighted by molar-refractivity contribution is 6.09. The van der Waals surface area contributed by atoms with Crippen molar-refractivity contribution >= 4 is 17.8 Å². The summed E-state index contributed by atoms with van der Waals surface area (Å²) in [4.78, 5) is 41.7. The van der Waals surface area contributed by atoms with E-state index in [9.17, 15) is 14.4 Å². The molecule has 1 N–H and O–H groups in total. The number of nitrogens with one attached hydrogen (secondary N) is 1. The maximum atomic E-state index is 13.3. The van der Waals surface area contributed by atoms with Gasteiger partial charge in [0.05, 0.1) is 19.3 Å². The quantitative estimate of drug-likeness (QED) is 0.705. The maximum Gasteiger partial charge on any atom is 0.325 e. The Morgan fingerprint density at radius 1 is 1.19 bits per heavy atom. The van der Waals surface area contributed by atoms with Crippen molar-refractivity contribution in [2.24, 2.45) is 5.92 Å². The Balaban J connectivity index is 1.34. The molecule has 1 saturated heterocycles. The zero-order valence-corrected chi connectivity index (χ0v) is 18.1. The van der Waals surface area contributed by atoms with Gasteiger partial charge >= 0.3 is 6.03 Å². The SMILES string of the molecule is C[C@@H](c1ccc2c(c1)OCCCO2)N(C(=O)CN1C(=O)N[C@](C)(C2CC2)C1=O)C1CC1. The summed E-state index contributed by atoms with van der Waals surface area (Å²) in [5.41, 5.74) is 0.0753. The van der Waals surface area contributed by atoms with Crippen molar-refractivity contribution in [3.63, 3.8) is 0 Å². The molecule has 0 aromatic heterocycles. The molecule has 0 radical (unpaired) electrons. The summed E-state index contributed by atoms with van der Waals surface area (Å²) in [6, 6.07) is 5.25. The van der Waals surface area contributed by atoms with Crippen LogP contribution in [0.3, 0.4) is 0 Å². The largest absolute Gasteiger partial charge is 0.490 e. The van der Waals surface area contributed by atoms with Gasteiger partial charge < -0.3 is 19.7 Å². The minimum atomic E-state index is -0.873. The first-order chi connectivity index (χ1) is 14.9. The zero-order chi connectivity index (χ0) is 21.8. The van der Waals surface area contributed by atoms with Crippen LogP contribution in [0.5, 0.6) is 11.5 Å². The molecule has 31 heavy (non-hydrogen) atoms. The summed E-state index contributed by atoms with van der Waals surface area (Å²) in [5, 5.41) is 2.82. The number of carbonyl (C=O) groups is 3. The normalized spacial score (nSPS) is 26.3. The number of nitrogens with zero attached hydrogens (tertiary/aromatic N) is 2. The first-order valence-corrected chi connectivity index (χ1v) is 11.2. The van der Waals surface area contributed by atoms with E-state index >= 15 is 0 Å². The van der Waals surface area contributed by atoms with Crippen molar-refractivity contribution in [3.8, 4) is 11.5 Å². The Kier molecular flexibility index (Phi) is 4.83. The van der Waals surface area contributed by atoms with Crippen LogP contribution in [-0.2, 0) is 9.59 Å². The number of imide groups is 1. The van der Waals surface area contributed by atoms with Gasteiger partial charge in [0, 0.05) is 12.5 Å². The van der Waals surface area contributed by atoms with E-state index in [1.165, 1.54) is 0 Å². The lowest BCUT2D eigenvalue weighted by Gasteiger charge is -2.31. The lowest BCUT2D eigenvalue weighted by Crippen LogP contribution is -2.48. The van der Waals surface area contributed by atoms with Crippen molar-refractivity contribution in [2.45, 2.75) is 63.6 Å². The molecule has 1 aromatic carbocycles. The molecule has 5 rings (SSSR count). The fourth-order valence-corrected chi connectivity index (χ4v) is 4.70. The van der Waals surface area contributed by atoms with Crippen LogP contribution in [0, 0.1) is 5.92 Å². The number of carbonyl (C=O) groups excluding carboxylic acids is 3. The Hall–Kier alpha value is -2.77. The fourth-order valence-electron chi connectivity index (χ4n) is 4.70. The van der Waals surface area contributed by atoms with Gasteiger partial charge in [-0.1, -0.05) is 6.07 Å². The van der Waals surface area contributed by atoms with Crippen molar-refractivity contribution in [3.05, 3.63) is 23.8 Å². The Morgan fingerprint density at radius 3 is 2.58 bits per heavy atom. The Morgan fingerprint density at radius 2 is 1.90 bits per heavy atom. The number of ether oxygens (including phenoxy) is 2. The molecule has 4 aliphatic rings. The monoisotopic (exact) mass is 427 g/mol. The summed E-state index contributed by atoms with van der Waals surface area (Å²) in [7, 11) is 0. The molecule has 2 atom stereocenters. The van der Waals surface area contributed by atoms with E-state index in [0.29, 0.717) is 19.0 Å². The average molecular weight is 428 g/mol. The summed E-state index contributed by atoms with van der Waals surface area (Å²) in [6.07, 6.45) is 4.55. The van der Waals surface area contributed by atoms with Crippen LogP contribution in [0.15, 0.2) is 18.2 Å². The number of fused-ring (bicyclic) bond motifs is 1. The number of amides is 4. The van der Waals surface area contributed by atoms with E-state index in [2.05, 4.69) is 5.32 Å². The van der Waals surface area contributed by atoms with E-state index in [0.717, 1.165) is 48.3 Å². The lowest BCUT2D eigenvalue weighted by molar-refractivity contribution is -0.140. The van der Waals surface area contributed by atoms with Crippen LogP contribution < -0.4 is 14.8 Å². The minimum Gasteiger partial charge on any atom is -0.490 e. The lowest BCUT2D eigenvalue weighted by atomic mass is 9.96. The molecule has 8 heteroatoms. The third kappa shape index (κ3) is 3.62. The summed E-state index contributed by atoms with van der Waals surface area (Å²) < 4.78 is 11.5. The van der Waals surface area contributed by atoms with Gasteiger partial charge in [0.15, 0.2) is 11.5 Å². The van der Waals surface area contributed by atoms with Crippen molar-refractivity contribution in [1.29, 1.82) is 0 Å². The minimum absolute atomic E-state index is 0.133. The van der Waals surface area contributed by atoms with Crippen LogP contribution in [-0.4, -0.2) is 59.0 Å². The molecule has 2 saturated carbocycles. The average Bonchev–Trinajstić information content (AvgIpc) is 3.64. The first-order valence-electron chi connectivity index (χ1n) is 11.2. The summed E-state index contributed by atoms with van der Waals surface area (Å²) >= 11 is 0. The third-order valence-electron chi connectivity index (χ3n) is 6.89. The number of benzene rings is 1. The van der Waals surface area contributed by atoms with Crippen LogP contribution in [0.25, 0.3) is 0 Å². The van der Waals surface area contributed by atoms with Gasteiger partial charge in [-0.15, -0.1) is 0 Å². The fraction of sp³-hybridized carbons (Fsp3) is 0.609. The highest BCUT2D eigenvalue weighted by atomic mass is 16.5. The number of urea groups is 1. The second-order valence-corrected chi connectivity index (χ2v) is 9.26. The highest BCUT2D eigenvalue weighted by Gasteiger charge is 2.56. The van der Waals surface area contributed by atoms with Gasteiger partial charge in [-0.25, -0.2) is 4.79 Å². The second-order valence-electron chi connectivity index (χ2n) is 9.26. The Bertz CT molecular complexity index is 926. The summed E-state index contributed by atoms with van der Waals surface area (Å²) in [5.74, 6) is 1.10. The van der Waals surface area contributed by atoms with Crippen molar-refractivity contribution in [1.82, 2.24) is 15.1 Å². The number of hydrogen-bond acceptors (Lipinski definition) is 5. The van der Waals surface area contributed by atoms with Crippen molar-refractivity contribution in [2.75, 3.05) is 19.8 Å². The third-order valence-corrected chi connectivity index (χ3v) is 6.89. The van der Waals surface area contributed by atoms with Gasteiger partial charge in [-0.05, 0) is 63.1 Å². The second kappa shape index (κ2) is 7.43. The van der Waals surface area contributed by atoms with E-state index in [1.807, 2.05) is 30.0 Å². The molecule has 0 bridgehead atoms. The van der Waals surface area contributed by atoms with E-state index in [-0.39, 0.29) is 36.4 Å². The smallest absolute Gasteiger partial charge is 0.325 e. The molecular weight excluding hydrogens is 398 g/mol. The molecule has 2 aliphatic heterocycles. The maximum absolute atomic E-state index is 13.3. The topological polar surface area (TPSA) is 88.2 Å². The molecule has 2 heterocycles. The van der Waals surface area contributed by atoms with Crippen molar-refractivity contribution < 1.29 is 23.9 Å². The predicted molar refractivity (Wildman–Crippen MR) is 112 cm³/mol. The van der Waals surface area contributed by atoms with Gasteiger partial charge in [0.25, 0.3) is 5.91 Å². The molecule has 0 unspecified atom stereocenters. The number of hydrogen-bond donors (Lipinski definition) is 1. The van der Waals surface area contributed by atoms with Crippen LogP contribution in [0.1, 0.15) is 57.6 Å². The van der Waals surface area contributed by atoms with Gasteiger partial charge in [-0.3, -0.25) is 14.5 Å². The summed E-state index contributed by atoms with van der Waals surface area (Å²) in [6.45, 7) is 4.75.